The number of carbonyl (C=O) groups excluding carboxylic acids is 1. The van der Waals surface area contributed by atoms with E-state index in [1.807, 2.05) is 11.9 Å². The summed E-state index contributed by atoms with van der Waals surface area (Å²) in [5.74, 6) is 0.778. The van der Waals surface area contributed by atoms with E-state index in [1.165, 1.54) is 38.5 Å². The first kappa shape index (κ1) is 10.8. The Morgan fingerprint density at radius 1 is 1.27 bits per heavy atom. The van der Waals surface area contributed by atoms with Crippen LogP contribution in [0.3, 0.4) is 0 Å². The molecular weight excluding hydrogens is 188 g/mol. The molecule has 2 rings (SSSR count). The lowest BCUT2D eigenvalue weighted by Crippen LogP contribution is -2.45. The molecule has 2 amide bonds. The fourth-order valence-electron chi connectivity index (χ4n) is 2.42. The van der Waals surface area contributed by atoms with Crippen LogP contribution in [-0.4, -0.2) is 30.1 Å². The highest BCUT2D eigenvalue weighted by atomic mass is 16.2. The standard InChI is InChI=1S/C12H22N2O/c1-9-4-3-5-11(8-9)14(2)12(15)13-10-6-7-10/h9-11H,3-8H2,1-2H3,(H,13,15). The summed E-state index contributed by atoms with van der Waals surface area (Å²) in [6.07, 6.45) is 7.29. The zero-order valence-corrected chi connectivity index (χ0v) is 9.83. The summed E-state index contributed by atoms with van der Waals surface area (Å²) >= 11 is 0. The van der Waals surface area contributed by atoms with Crippen molar-refractivity contribution in [2.75, 3.05) is 7.05 Å². The number of rotatable bonds is 2. The van der Waals surface area contributed by atoms with Gasteiger partial charge in [0.1, 0.15) is 0 Å². The third-order valence-corrected chi connectivity index (χ3v) is 3.68. The molecule has 2 atom stereocenters. The second-order valence-corrected chi connectivity index (χ2v) is 5.26. The van der Waals surface area contributed by atoms with Gasteiger partial charge in [0.25, 0.3) is 0 Å². The summed E-state index contributed by atoms with van der Waals surface area (Å²) in [5.41, 5.74) is 0. The lowest BCUT2D eigenvalue weighted by molar-refractivity contribution is 0.160. The Hall–Kier alpha value is -0.730. The maximum atomic E-state index is 11.8. The zero-order valence-electron chi connectivity index (χ0n) is 9.83. The maximum absolute atomic E-state index is 11.8. The van der Waals surface area contributed by atoms with E-state index in [1.54, 1.807) is 0 Å². The van der Waals surface area contributed by atoms with E-state index >= 15 is 0 Å². The summed E-state index contributed by atoms with van der Waals surface area (Å²) in [7, 11) is 1.94. The van der Waals surface area contributed by atoms with Gasteiger partial charge in [-0.2, -0.15) is 0 Å². The van der Waals surface area contributed by atoms with Gasteiger partial charge < -0.3 is 10.2 Å². The predicted octanol–water partition coefficient (Wildman–Crippen LogP) is 2.37. The van der Waals surface area contributed by atoms with Gasteiger partial charge in [-0.25, -0.2) is 4.79 Å². The Balaban J connectivity index is 1.82. The minimum Gasteiger partial charge on any atom is -0.335 e. The Morgan fingerprint density at radius 2 is 2.00 bits per heavy atom. The molecule has 0 heterocycles. The molecule has 15 heavy (non-hydrogen) atoms. The normalized spacial score (nSPS) is 31.1. The summed E-state index contributed by atoms with van der Waals surface area (Å²) in [6.45, 7) is 2.29. The smallest absolute Gasteiger partial charge is 0.317 e. The maximum Gasteiger partial charge on any atom is 0.317 e. The first-order valence-electron chi connectivity index (χ1n) is 6.20. The first-order valence-corrected chi connectivity index (χ1v) is 6.20. The van der Waals surface area contributed by atoms with Gasteiger partial charge in [0, 0.05) is 19.1 Å². The van der Waals surface area contributed by atoms with Crippen molar-refractivity contribution in [3.05, 3.63) is 0 Å². The van der Waals surface area contributed by atoms with E-state index in [0.29, 0.717) is 12.1 Å². The molecule has 0 aromatic heterocycles. The second-order valence-electron chi connectivity index (χ2n) is 5.26. The third-order valence-electron chi connectivity index (χ3n) is 3.68. The number of nitrogens with zero attached hydrogens (tertiary/aromatic N) is 1. The Kier molecular flexibility index (Phi) is 3.17. The molecule has 0 radical (unpaired) electrons. The predicted molar refractivity (Wildman–Crippen MR) is 60.7 cm³/mol. The van der Waals surface area contributed by atoms with Crippen molar-refractivity contribution in [3.63, 3.8) is 0 Å². The Morgan fingerprint density at radius 3 is 2.60 bits per heavy atom. The number of urea groups is 1. The Bertz CT molecular complexity index is 238. The molecule has 0 bridgehead atoms. The van der Waals surface area contributed by atoms with E-state index in [-0.39, 0.29) is 6.03 Å². The van der Waals surface area contributed by atoms with Crippen LogP contribution in [-0.2, 0) is 0 Å². The van der Waals surface area contributed by atoms with Crippen LogP contribution in [0.1, 0.15) is 45.4 Å². The van der Waals surface area contributed by atoms with Crippen LogP contribution in [0.4, 0.5) is 4.79 Å². The number of amides is 2. The lowest BCUT2D eigenvalue weighted by Gasteiger charge is -2.34. The number of carbonyl (C=O) groups is 1. The summed E-state index contributed by atoms with van der Waals surface area (Å²) in [4.78, 5) is 13.7. The van der Waals surface area contributed by atoms with Crippen molar-refractivity contribution in [2.24, 2.45) is 5.92 Å². The first-order chi connectivity index (χ1) is 7.16. The summed E-state index contributed by atoms with van der Waals surface area (Å²) in [6, 6.07) is 1.07. The zero-order chi connectivity index (χ0) is 10.8. The molecule has 2 fully saturated rings. The van der Waals surface area contributed by atoms with Crippen LogP contribution in [0.2, 0.25) is 0 Å². The van der Waals surface area contributed by atoms with Crippen molar-refractivity contribution >= 4 is 6.03 Å². The molecule has 2 saturated carbocycles. The van der Waals surface area contributed by atoms with E-state index in [4.69, 9.17) is 0 Å². The molecule has 3 heteroatoms. The molecule has 3 nitrogen and oxygen atoms in total. The van der Waals surface area contributed by atoms with E-state index in [9.17, 15) is 4.79 Å². The van der Waals surface area contributed by atoms with Crippen LogP contribution in [0, 0.1) is 5.92 Å². The molecule has 0 spiro atoms. The quantitative estimate of drug-likeness (QED) is 0.745. The molecule has 2 unspecified atom stereocenters. The minimum atomic E-state index is 0.136. The number of nitrogens with one attached hydrogen (secondary N) is 1. The van der Waals surface area contributed by atoms with Crippen molar-refractivity contribution in [1.29, 1.82) is 0 Å². The number of hydrogen-bond acceptors (Lipinski definition) is 1. The SMILES string of the molecule is CC1CCCC(N(C)C(=O)NC2CC2)C1. The summed E-state index contributed by atoms with van der Waals surface area (Å²) < 4.78 is 0. The van der Waals surface area contributed by atoms with Gasteiger partial charge >= 0.3 is 6.03 Å². The molecule has 86 valence electrons. The van der Waals surface area contributed by atoms with Crippen molar-refractivity contribution in [1.82, 2.24) is 10.2 Å². The molecule has 2 aliphatic rings. The second kappa shape index (κ2) is 4.42. The van der Waals surface area contributed by atoms with E-state index in [0.717, 1.165) is 5.92 Å². The van der Waals surface area contributed by atoms with Crippen molar-refractivity contribution < 1.29 is 4.79 Å². The molecular formula is C12H22N2O. The molecule has 0 saturated heterocycles. The largest absolute Gasteiger partial charge is 0.335 e. The van der Waals surface area contributed by atoms with Crippen LogP contribution >= 0.6 is 0 Å². The topological polar surface area (TPSA) is 32.3 Å². The van der Waals surface area contributed by atoms with Gasteiger partial charge in [-0.05, 0) is 31.6 Å². The highest BCUT2D eigenvalue weighted by Crippen LogP contribution is 2.27. The van der Waals surface area contributed by atoms with Gasteiger partial charge in [0.15, 0.2) is 0 Å². The highest BCUT2D eigenvalue weighted by Gasteiger charge is 2.29. The van der Waals surface area contributed by atoms with Crippen LogP contribution < -0.4 is 5.32 Å². The summed E-state index contributed by atoms with van der Waals surface area (Å²) in [5, 5.41) is 3.05. The van der Waals surface area contributed by atoms with Gasteiger partial charge in [-0.15, -0.1) is 0 Å². The fourth-order valence-corrected chi connectivity index (χ4v) is 2.42. The van der Waals surface area contributed by atoms with Crippen LogP contribution in [0.25, 0.3) is 0 Å². The van der Waals surface area contributed by atoms with Crippen LogP contribution in [0.5, 0.6) is 0 Å². The fraction of sp³-hybridized carbons (Fsp3) is 0.917. The van der Waals surface area contributed by atoms with Crippen molar-refractivity contribution in [3.8, 4) is 0 Å². The third kappa shape index (κ3) is 2.86. The van der Waals surface area contributed by atoms with Gasteiger partial charge in [-0.1, -0.05) is 19.8 Å². The van der Waals surface area contributed by atoms with E-state index in [2.05, 4.69) is 12.2 Å². The molecule has 0 aromatic rings. The Labute approximate surface area is 92.2 Å². The van der Waals surface area contributed by atoms with Gasteiger partial charge in [0.05, 0.1) is 0 Å². The lowest BCUT2D eigenvalue weighted by atomic mass is 9.86. The number of hydrogen-bond donors (Lipinski definition) is 1. The van der Waals surface area contributed by atoms with Gasteiger partial charge in [-0.3, -0.25) is 0 Å². The molecule has 0 aliphatic heterocycles. The monoisotopic (exact) mass is 210 g/mol. The minimum absolute atomic E-state index is 0.136. The molecule has 2 aliphatic carbocycles. The van der Waals surface area contributed by atoms with Gasteiger partial charge in [0.2, 0.25) is 0 Å². The highest BCUT2D eigenvalue weighted by molar-refractivity contribution is 5.74. The van der Waals surface area contributed by atoms with Crippen LogP contribution in [0.15, 0.2) is 0 Å². The molecule has 1 N–H and O–H groups in total. The van der Waals surface area contributed by atoms with Crippen molar-refractivity contribution in [2.45, 2.75) is 57.5 Å². The average molecular weight is 210 g/mol. The average Bonchev–Trinajstić information content (AvgIpc) is 3.00. The van der Waals surface area contributed by atoms with E-state index < -0.39 is 0 Å². The molecule has 0 aromatic carbocycles.